The highest BCUT2D eigenvalue weighted by Gasteiger charge is 1.98. The molecule has 1 aromatic carbocycles. The van der Waals surface area contributed by atoms with E-state index in [2.05, 4.69) is 0 Å². The number of rotatable bonds is 9. The number of aryl methyl sites for hydroxylation is 1. The van der Waals surface area contributed by atoms with Crippen LogP contribution in [0.5, 0.6) is 5.75 Å². The van der Waals surface area contributed by atoms with Crippen molar-refractivity contribution in [2.75, 3.05) is 6.54 Å². The van der Waals surface area contributed by atoms with Crippen molar-refractivity contribution in [2.45, 2.75) is 51.4 Å². The van der Waals surface area contributed by atoms with E-state index in [9.17, 15) is 5.11 Å². The Morgan fingerprint density at radius 2 is 1.42 bits per heavy atom. The molecule has 0 amide bonds. The molecule has 108 valence electrons. The molecule has 0 saturated carbocycles. The molecule has 0 radical (unpaired) electrons. The minimum absolute atomic E-state index is 0.440. The number of carbonyl (C=O) groups is 1. The number of carbonyl (C=O) groups excluding carboxylic acids is 1. The Kier molecular flexibility index (Phi) is 12.2. The molecule has 0 aliphatic carbocycles. The summed E-state index contributed by atoms with van der Waals surface area (Å²) in [5.74, 6) is 0.440. The third-order valence-electron chi connectivity index (χ3n) is 3.14. The van der Waals surface area contributed by atoms with Gasteiger partial charge in [0.1, 0.15) is 12.5 Å². The van der Waals surface area contributed by atoms with Crippen molar-refractivity contribution in [1.29, 1.82) is 0 Å². The first kappa shape index (κ1) is 17.6. The molecular weight excluding hydrogens is 238 g/mol. The smallest absolute Gasteiger partial charge is 0.118 e. The predicted octanol–water partition coefficient (Wildman–Crippen LogP) is 3.44. The van der Waals surface area contributed by atoms with E-state index in [0.717, 1.165) is 24.9 Å². The summed E-state index contributed by atoms with van der Waals surface area (Å²) in [4.78, 5) is 8.00. The summed E-state index contributed by atoms with van der Waals surface area (Å²) in [6.45, 7) is 2.83. The van der Waals surface area contributed by atoms with Gasteiger partial charge in [-0.05, 0) is 37.4 Å². The van der Waals surface area contributed by atoms with Crippen molar-refractivity contribution in [1.82, 2.24) is 0 Å². The van der Waals surface area contributed by atoms with E-state index in [4.69, 9.17) is 10.5 Å². The molecule has 1 aromatic rings. The van der Waals surface area contributed by atoms with Crippen molar-refractivity contribution in [3.63, 3.8) is 0 Å². The fraction of sp³-hybridized carbons (Fsp3) is 0.562. The summed E-state index contributed by atoms with van der Waals surface area (Å²) in [7, 11) is 0. The normalized spacial score (nSPS) is 9.74. The Morgan fingerprint density at radius 1 is 0.895 bits per heavy atom. The van der Waals surface area contributed by atoms with Gasteiger partial charge >= 0.3 is 0 Å². The Balaban J connectivity index is 0.00000154. The molecular formula is C16H27NO2. The lowest BCUT2D eigenvalue weighted by Crippen LogP contribution is -1.97. The van der Waals surface area contributed by atoms with Crippen LogP contribution in [-0.2, 0) is 11.2 Å². The second-order valence-corrected chi connectivity index (χ2v) is 4.64. The number of aromatic hydroxyl groups is 1. The Labute approximate surface area is 116 Å². The van der Waals surface area contributed by atoms with Gasteiger partial charge in [-0.3, -0.25) is 0 Å². The van der Waals surface area contributed by atoms with E-state index in [1.807, 2.05) is 25.0 Å². The van der Waals surface area contributed by atoms with Gasteiger partial charge < -0.3 is 15.6 Å². The number of unbranched alkanes of at least 4 members (excludes halogenated alkanes) is 6. The van der Waals surface area contributed by atoms with Gasteiger partial charge in [0.05, 0.1) is 0 Å². The fourth-order valence-corrected chi connectivity index (χ4v) is 2.07. The van der Waals surface area contributed by atoms with E-state index >= 15 is 0 Å². The second-order valence-electron chi connectivity index (χ2n) is 4.64. The first-order valence-electron chi connectivity index (χ1n) is 7.10. The number of nitrogens with two attached hydrogens (primary N) is 1. The maximum absolute atomic E-state index is 9.60. The summed E-state index contributed by atoms with van der Waals surface area (Å²) in [6, 6.07) is 7.64. The number of hydrogen-bond acceptors (Lipinski definition) is 3. The molecule has 0 spiro atoms. The Bertz CT molecular complexity index is 315. The van der Waals surface area contributed by atoms with Crippen LogP contribution in [0, 0.1) is 0 Å². The zero-order chi connectivity index (χ0) is 14.3. The highest BCUT2D eigenvalue weighted by Crippen LogP contribution is 2.18. The van der Waals surface area contributed by atoms with E-state index in [1.165, 1.54) is 38.5 Å². The molecule has 0 heterocycles. The molecule has 3 nitrogen and oxygen atoms in total. The Morgan fingerprint density at radius 3 is 2.00 bits per heavy atom. The van der Waals surface area contributed by atoms with Gasteiger partial charge in [-0.1, -0.05) is 50.3 Å². The van der Waals surface area contributed by atoms with Gasteiger partial charge in [0.15, 0.2) is 0 Å². The second kappa shape index (κ2) is 13.1. The minimum atomic E-state index is 0.440. The van der Waals surface area contributed by atoms with Crippen molar-refractivity contribution < 1.29 is 9.90 Å². The van der Waals surface area contributed by atoms with Gasteiger partial charge in [-0.25, -0.2) is 0 Å². The summed E-state index contributed by atoms with van der Waals surface area (Å²) in [5, 5.41) is 9.60. The molecule has 0 atom stereocenters. The maximum Gasteiger partial charge on any atom is 0.118 e. The van der Waals surface area contributed by atoms with Crippen LogP contribution < -0.4 is 5.73 Å². The zero-order valence-electron chi connectivity index (χ0n) is 11.8. The first-order valence-corrected chi connectivity index (χ1v) is 7.10. The molecule has 19 heavy (non-hydrogen) atoms. The lowest BCUT2D eigenvalue weighted by molar-refractivity contribution is -0.0979. The van der Waals surface area contributed by atoms with Gasteiger partial charge in [0.25, 0.3) is 0 Å². The van der Waals surface area contributed by atoms with Crippen molar-refractivity contribution in [3.05, 3.63) is 29.8 Å². The monoisotopic (exact) mass is 265 g/mol. The van der Waals surface area contributed by atoms with Gasteiger partial charge in [0.2, 0.25) is 0 Å². The van der Waals surface area contributed by atoms with Crippen molar-refractivity contribution in [2.24, 2.45) is 5.73 Å². The molecule has 0 aromatic heterocycles. The average Bonchev–Trinajstić information content (AvgIpc) is 2.46. The van der Waals surface area contributed by atoms with Crippen molar-refractivity contribution in [3.8, 4) is 5.75 Å². The summed E-state index contributed by atoms with van der Waals surface area (Å²) in [5.41, 5.74) is 6.53. The predicted molar refractivity (Wildman–Crippen MR) is 80.3 cm³/mol. The fourth-order valence-electron chi connectivity index (χ4n) is 2.07. The molecule has 3 N–H and O–H groups in total. The average molecular weight is 265 g/mol. The van der Waals surface area contributed by atoms with Crippen LogP contribution in [0.25, 0.3) is 0 Å². The number of phenols is 1. The quantitative estimate of drug-likeness (QED) is 0.672. The molecule has 0 aliphatic heterocycles. The SMILES string of the molecule is C=O.NCCCCCCCCCc1ccccc1O. The van der Waals surface area contributed by atoms with Crippen LogP contribution in [0.3, 0.4) is 0 Å². The lowest BCUT2D eigenvalue weighted by atomic mass is 10.0. The van der Waals surface area contributed by atoms with Gasteiger partial charge in [0, 0.05) is 0 Å². The van der Waals surface area contributed by atoms with Gasteiger partial charge in [-0.15, -0.1) is 0 Å². The first-order chi connectivity index (χ1) is 9.34. The number of benzene rings is 1. The molecule has 0 fully saturated rings. The highest BCUT2D eigenvalue weighted by atomic mass is 16.3. The molecule has 0 saturated heterocycles. The summed E-state index contributed by atoms with van der Waals surface area (Å²) >= 11 is 0. The summed E-state index contributed by atoms with van der Waals surface area (Å²) in [6.07, 6.45) is 9.81. The third kappa shape index (κ3) is 9.25. The minimum Gasteiger partial charge on any atom is -0.508 e. The van der Waals surface area contributed by atoms with Gasteiger partial charge in [-0.2, -0.15) is 0 Å². The molecule has 0 aliphatic rings. The lowest BCUT2D eigenvalue weighted by Gasteiger charge is -2.04. The highest BCUT2D eigenvalue weighted by molar-refractivity contribution is 5.31. The van der Waals surface area contributed by atoms with Crippen LogP contribution in [0.4, 0.5) is 0 Å². The number of hydrogen-bond donors (Lipinski definition) is 2. The van der Waals surface area contributed by atoms with Crippen LogP contribution in [0.15, 0.2) is 24.3 Å². The zero-order valence-corrected chi connectivity index (χ0v) is 11.8. The number of phenolic OH excluding ortho intramolecular Hbond substituents is 1. The van der Waals surface area contributed by atoms with E-state index in [0.29, 0.717) is 5.75 Å². The third-order valence-corrected chi connectivity index (χ3v) is 3.14. The van der Waals surface area contributed by atoms with E-state index < -0.39 is 0 Å². The molecule has 0 unspecified atom stereocenters. The molecule has 1 rings (SSSR count). The topological polar surface area (TPSA) is 63.3 Å². The van der Waals surface area contributed by atoms with E-state index in [-0.39, 0.29) is 0 Å². The van der Waals surface area contributed by atoms with Crippen LogP contribution in [0.2, 0.25) is 0 Å². The van der Waals surface area contributed by atoms with Crippen molar-refractivity contribution >= 4 is 6.79 Å². The summed E-state index contributed by atoms with van der Waals surface area (Å²) < 4.78 is 0. The van der Waals surface area contributed by atoms with Crippen LogP contribution in [-0.4, -0.2) is 18.4 Å². The molecule has 3 heteroatoms. The number of para-hydroxylation sites is 1. The largest absolute Gasteiger partial charge is 0.508 e. The van der Waals surface area contributed by atoms with Crippen LogP contribution in [0.1, 0.15) is 50.5 Å². The molecule has 0 bridgehead atoms. The maximum atomic E-state index is 9.60. The van der Waals surface area contributed by atoms with Crippen LogP contribution >= 0.6 is 0 Å². The standard InChI is InChI=1S/C15H25NO.CH2O/c16-13-9-5-3-1-2-4-6-10-14-11-7-8-12-15(14)17;1-2/h7-8,11-12,17H,1-6,9-10,13,16H2;1H2. The van der Waals surface area contributed by atoms with E-state index in [1.54, 1.807) is 6.07 Å². The Hall–Kier alpha value is -1.35.